The first-order valence-electron chi connectivity index (χ1n) is 7.72. The van der Waals surface area contributed by atoms with E-state index in [1.54, 1.807) is 39.3 Å². The summed E-state index contributed by atoms with van der Waals surface area (Å²) in [6, 6.07) is 11.1. The standard InChI is InChI=1S/C19H23NO4/c1-12-7-6-8-13(2)18(12)24-14(3)19(21)20-15-9-10-16(22-4)17(11-15)23-5/h6-11,14H,1-5H3,(H,20,21). The highest BCUT2D eigenvalue weighted by Crippen LogP contribution is 2.30. The van der Waals surface area contributed by atoms with Gasteiger partial charge in [-0.2, -0.15) is 0 Å². The molecule has 0 fully saturated rings. The van der Waals surface area contributed by atoms with Crippen LogP contribution in [-0.4, -0.2) is 26.2 Å². The number of methoxy groups -OCH3 is 2. The van der Waals surface area contributed by atoms with Crippen LogP contribution in [0.15, 0.2) is 36.4 Å². The Hall–Kier alpha value is -2.69. The number of rotatable bonds is 6. The van der Waals surface area contributed by atoms with E-state index in [2.05, 4.69) is 5.32 Å². The molecule has 2 aromatic carbocycles. The lowest BCUT2D eigenvalue weighted by Gasteiger charge is -2.18. The SMILES string of the molecule is COc1ccc(NC(=O)C(C)Oc2c(C)cccc2C)cc1OC. The number of nitrogens with one attached hydrogen (secondary N) is 1. The van der Waals surface area contributed by atoms with Crippen molar-refractivity contribution in [2.24, 2.45) is 0 Å². The van der Waals surface area contributed by atoms with E-state index in [1.807, 2.05) is 32.0 Å². The third-order valence-electron chi connectivity index (χ3n) is 3.72. The number of carbonyl (C=O) groups excluding carboxylic acids is 1. The van der Waals surface area contributed by atoms with Crippen molar-refractivity contribution in [3.63, 3.8) is 0 Å². The molecular formula is C19H23NO4. The summed E-state index contributed by atoms with van der Waals surface area (Å²) in [5.41, 5.74) is 2.62. The van der Waals surface area contributed by atoms with Crippen LogP contribution < -0.4 is 19.5 Å². The van der Waals surface area contributed by atoms with Crippen molar-refractivity contribution >= 4 is 11.6 Å². The molecule has 2 aromatic rings. The van der Waals surface area contributed by atoms with Gasteiger partial charge in [0.05, 0.1) is 14.2 Å². The van der Waals surface area contributed by atoms with Crippen LogP contribution in [0.4, 0.5) is 5.69 Å². The first-order valence-corrected chi connectivity index (χ1v) is 7.72. The van der Waals surface area contributed by atoms with Crippen LogP contribution in [0.2, 0.25) is 0 Å². The molecule has 0 heterocycles. The third-order valence-corrected chi connectivity index (χ3v) is 3.72. The maximum absolute atomic E-state index is 12.4. The van der Waals surface area contributed by atoms with E-state index in [0.717, 1.165) is 16.9 Å². The molecule has 128 valence electrons. The number of aryl methyl sites for hydroxylation is 2. The molecule has 0 spiro atoms. The minimum Gasteiger partial charge on any atom is -0.493 e. The maximum atomic E-state index is 12.4. The van der Waals surface area contributed by atoms with E-state index >= 15 is 0 Å². The number of amides is 1. The smallest absolute Gasteiger partial charge is 0.265 e. The maximum Gasteiger partial charge on any atom is 0.265 e. The number of benzene rings is 2. The van der Waals surface area contributed by atoms with Crippen LogP contribution >= 0.6 is 0 Å². The lowest BCUT2D eigenvalue weighted by atomic mass is 10.1. The summed E-state index contributed by atoms with van der Waals surface area (Å²) < 4.78 is 16.3. The molecule has 0 aliphatic carbocycles. The van der Waals surface area contributed by atoms with Crippen LogP contribution in [0.5, 0.6) is 17.2 Å². The molecule has 1 atom stereocenters. The Bertz CT molecular complexity index is 707. The number of anilines is 1. The first-order chi connectivity index (χ1) is 11.5. The second-order valence-electron chi connectivity index (χ2n) is 5.54. The topological polar surface area (TPSA) is 56.8 Å². The van der Waals surface area contributed by atoms with Gasteiger partial charge >= 0.3 is 0 Å². The van der Waals surface area contributed by atoms with Gasteiger partial charge in [0.15, 0.2) is 17.6 Å². The van der Waals surface area contributed by atoms with Crippen molar-refractivity contribution in [1.82, 2.24) is 0 Å². The number of para-hydroxylation sites is 1. The van der Waals surface area contributed by atoms with Crippen molar-refractivity contribution in [1.29, 1.82) is 0 Å². The lowest BCUT2D eigenvalue weighted by Crippen LogP contribution is -2.30. The van der Waals surface area contributed by atoms with Gasteiger partial charge in [0.1, 0.15) is 5.75 Å². The summed E-state index contributed by atoms with van der Waals surface area (Å²) in [7, 11) is 3.12. The molecule has 0 radical (unpaired) electrons. The zero-order valence-electron chi connectivity index (χ0n) is 14.7. The predicted molar refractivity (Wildman–Crippen MR) is 94.2 cm³/mol. The van der Waals surface area contributed by atoms with E-state index in [0.29, 0.717) is 17.2 Å². The average molecular weight is 329 g/mol. The Morgan fingerprint density at radius 1 is 1.00 bits per heavy atom. The molecule has 0 aliphatic rings. The van der Waals surface area contributed by atoms with Gasteiger partial charge in [-0.25, -0.2) is 0 Å². The summed E-state index contributed by atoms with van der Waals surface area (Å²) in [4.78, 5) is 12.4. The molecule has 0 saturated carbocycles. The van der Waals surface area contributed by atoms with Crippen molar-refractivity contribution in [2.75, 3.05) is 19.5 Å². The molecule has 0 saturated heterocycles. The number of hydrogen-bond donors (Lipinski definition) is 1. The van der Waals surface area contributed by atoms with Gasteiger partial charge < -0.3 is 19.5 Å². The molecule has 0 aliphatic heterocycles. The van der Waals surface area contributed by atoms with Crippen LogP contribution in [-0.2, 0) is 4.79 Å². The number of ether oxygens (including phenoxy) is 3. The van der Waals surface area contributed by atoms with E-state index in [9.17, 15) is 4.79 Å². The Labute approximate surface area is 142 Å². The van der Waals surface area contributed by atoms with E-state index < -0.39 is 6.10 Å². The second-order valence-corrected chi connectivity index (χ2v) is 5.54. The first kappa shape index (κ1) is 17.7. The van der Waals surface area contributed by atoms with Crippen molar-refractivity contribution in [2.45, 2.75) is 26.9 Å². The van der Waals surface area contributed by atoms with Gasteiger partial charge in [0, 0.05) is 11.8 Å². The van der Waals surface area contributed by atoms with Crippen LogP contribution in [0, 0.1) is 13.8 Å². The van der Waals surface area contributed by atoms with Gasteiger partial charge in [-0.1, -0.05) is 18.2 Å². The monoisotopic (exact) mass is 329 g/mol. The normalized spacial score (nSPS) is 11.5. The molecule has 1 unspecified atom stereocenters. The molecule has 24 heavy (non-hydrogen) atoms. The largest absolute Gasteiger partial charge is 0.493 e. The lowest BCUT2D eigenvalue weighted by molar-refractivity contribution is -0.122. The average Bonchev–Trinajstić information content (AvgIpc) is 2.57. The van der Waals surface area contributed by atoms with E-state index in [-0.39, 0.29) is 5.91 Å². The summed E-state index contributed by atoms with van der Waals surface area (Å²) in [5.74, 6) is 1.67. The highest BCUT2D eigenvalue weighted by atomic mass is 16.5. The number of carbonyl (C=O) groups is 1. The van der Waals surface area contributed by atoms with Gasteiger partial charge in [-0.3, -0.25) is 4.79 Å². The Morgan fingerprint density at radius 3 is 2.21 bits per heavy atom. The van der Waals surface area contributed by atoms with Gasteiger partial charge in [0.25, 0.3) is 5.91 Å². The molecule has 0 bridgehead atoms. The van der Waals surface area contributed by atoms with Crippen molar-refractivity contribution < 1.29 is 19.0 Å². The summed E-state index contributed by atoms with van der Waals surface area (Å²) in [6.07, 6.45) is -0.627. The molecule has 0 aromatic heterocycles. The Balaban J connectivity index is 2.09. The minimum atomic E-state index is -0.627. The molecular weight excluding hydrogens is 306 g/mol. The van der Waals surface area contributed by atoms with Crippen LogP contribution in [0.3, 0.4) is 0 Å². The molecule has 5 nitrogen and oxygen atoms in total. The molecule has 1 amide bonds. The zero-order valence-corrected chi connectivity index (χ0v) is 14.7. The highest BCUT2D eigenvalue weighted by Gasteiger charge is 2.17. The zero-order chi connectivity index (χ0) is 17.7. The van der Waals surface area contributed by atoms with Crippen LogP contribution in [0.1, 0.15) is 18.1 Å². The highest BCUT2D eigenvalue weighted by molar-refractivity contribution is 5.94. The fraction of sp³-hybridized carbons (Fsp3) is 0.316. The molecule has 2 rings (SSSR count). The fourth-order valence-corrected chi connectivity index (χ4v) is 2.37. The minimum absolute atomic E-state index is 0.232. The summed E-state index contributed by atoms with van der Waals surface area (Å²) in [5, 5.41) is 2.83. The van der Waals surface area contributed by atoms with Crippen LogP contribution in [0.25, 0.3) is 0 Å². The van der Waals surface area contributed by atoms with Gasteiger partial charge in [-0.15, -0.1) is 0 Å². The van der Waals surface area contributed by atoms with Crippen molar-refractivity contribution in [3.8, 4) is 17.2 Å². The van der Waals surface area contributed by atoms with E-state index in [4.69, 9.17) is 14.2 Å². The van der Waals surface area contributed by atoms with Gasteiger partial charge in [0.2, 0.25) is 0 Å². The summed E-state index contributed by atoms with van der Waals surface area (Å²) >= 11 is 0. The Morgan fingerprint density at radius 2 is 1.62 bits per heavy atom. The molecule has 1 N–H and O–H groups in total. The summed E-state index contributed by atoms with van der Waals surface area (Å²) in [6.45, 7) is 5.64. The number of hydrogen-bond acceptors (Lipinski definition) is 4. The third kappa shape index (κ3) is 3.98. The van der Waals surface area contributed by atoms with Gasteiger partial charge in [-0.05, 0) is 44.0 Å². The quantitative estimate of drug-likeness (QED) is 0.877. The van der Waals surface area contributed by atoms with Crippen molar-refractivity contribution in [3.05, 3.63) is 47.5 Å². The second kappa shape index (κ2) is 7.73. The van der Waals surface area contributed by atoms with E-state index in [1.165, 1.54) is 0 Å². The fourth-order valence-electron chi connectivity index (χ4n) is 2.37. The Kier molecular flexibility index (Phi) is 5.68. The molecule has 5 heteroatoms. The predicted octanol–water partition coefficient (Wildman–Crippen LogP) is 3.73.